The molecule has 0 saturated carbocycles. The summed E-state index contributed by atoms with van der Waals surface area (Å²) in [6.45, 7) is 0. The van der Waals surface area contributed by atoms with Gasteiger partial charge in [0.2, 0.25) is 5.75 Å². The first kappa shape index (κ1) is 17.2. The number of methoxy groups -OCH3 is 3. The summed E-state index contributed by atoms with van der Waals surface area (Å²) in [7, 11) is 4.64. The van der Waals surface area contributed by atoms with Crippen molar-refractivity contribution in [2.45, 2.75) is 6.42 Å². The molecular weight excluding hydrogens is 340 g/mol. The van der Waals surface area contributed by atoms with Crippen LogP contribution in [0.1, 0.15) is 11.4 Å². The van der Waals surface area contributed by atoms with Crippen LogP contribution in [-0.4, -0.2) is 54.1 Å². The summed E-state index contributed by atoms with van der Waals surface area (Å²) in [6, 6.07) is 3.52. The lowest BCUT2D eigenvalue weighted by Gasteiger charge is -2.12. The van der Waals surface area contributed by atoms with Crippen LogP contribution in [0.15, 0.2) is 33.8 Å². The van der Waals surface area contributed by atoms with Gasteiger partial charge in [0.05, 0.1) is 34.0 Å². The summed E-state index contributed by atoms with van der Waals surface area (Å²) in [6.07, 6.45) is 3.33. The van der Waals surface area contributed by atoms with Crippen molar-refractivity contribution in [1.29, 1.82) is 0 Å². The van der Waals surface area contributed by atoms with Gasteiger partial charge in [-0.2, -0.15) is 14.9 Å². The molecule has 0 radical (unpaired) electrons. The number of nitrogens with two attached hydrogens (primary N) is 1. The van der Waals surface area contributed by atoms with Gasteiger partial charge in [0.15, 0.2) is 11.5 Å². The van der Waals surface area contributed by atoms with Crippen LogP contribution in [0.2, 0.25) is 0 Å². The van der Waals surface area contributed by atoms with E-state index < -0.39 is 0 Å². The van der Waals surface area contributed by atoms with Gasteiger partial charge in [0, 0.05) is 5.56 Å². The average molecular weight is 358 g/mol. The second-order valence-electron chi connectivity index (χ2n) is 5.11. The first-order valence-corrected chi connectivity index (χ1v) is 7.54. The Balaban J connectivity index is 1.83. The lowest BCUT2D eigenvalue weighted by molar-refractivity contribution is 0.324. The Labute approximate surface area is 149 Å². The maximum atomic E-state index is 5.74. The van der Waals surface area contributed by atoms with Crippen molar-refractivity contribution in [1.82, 2.24) is 20.2 Å². The number of hydrogen-bond donors (Lipinski definition) is 2. The fourth-order valence-corrected chi connectivity index (χ4v) is 2.32. The molecule has 0 amide bonds. The number of amidine groups is 1. The van der Waals surface area contributed by atoms with Crippen LogP contribution in [0, 0.1) is 0 Å². The fraction of sp³-hybridized carbons (Fsp3) is 0.267. The van der Waals surface area contributed by atoms with Crippen molar-refractivity contribution >= 4 is 18.0 Å². The maximum absolute atomic E-state index is 5.74. The zero-order valence-electron chi connectivity index (χ0n) is 14.5. The molecule has 3 rings (SSSR count). The van der Waals surface area contributed by atoms with Crippen molar-refractivity contribution in [2.75, 3.05) is 21.3 Å². The molecule has 2 heterocycles. The van der Waals surface area contributed by atoms with E-state index in [0.29, 0.717) is 35.3 Å². The van der Waals surface area contributed by atoms with E-state index in [1.54, 1.807) is 39.7 Å². The Hall–Kier alpha value is -3.63. The Kier molecular flexibility index (Phi) is 4.97. The van der Waals surface area contributed by atoms with Gasteiger partial charge in [-0.3, -0.25) is 0 Å². The van der Waals surface area contributed by atoms with E-state index in [1.165, 1.54) is 11.0 Å². The van der Waals surface area contributed by atoms with Gasteiger partial charge in [-0.25, -0.2) is 10.4 Å². The molecule has 11 nitrogen and oxygen atoms in total. The number of fused-ring (bicyclic) bond motifs is 1. The zero-order valence-corrected chi connectivity index (χ0v) is 14.5. The topological polar surface area (TPSA) is 134 Å². The highest BCUT2D eigenvalue weighted by Crippen LogP contribution is 2.37. The van der Waals surface area contributed by atoms with Crippen LogP contribution in [0.4, 0.5) is 0 Å². The first-order valence-electron chi connectivity index (χ1n) is 7.54. The summed E-state index contributed by atoms with van der Waals surface area (Å²) < 4.78 is 17.4. The largest absolute Gasteiger partial charge is 0.493 e. The Morgan fingerprint density at radius 3 is 2.54 bits per heavy atom. The minimum Gasteiger partial charge on any atom is -0.493 e. The third kappa shape index (κ3) is 3.41. The summed E-state index contributed by atoms with van der Waals surface area (Å²) in [5.74, 6) is 2.78. The number of aromatic nitrogens is 3. The summed E-state index contributed by atoms with van der Waals surface area (Å²) in [4.78, 5) is 4.12. The van der Waals surface area contributed by atoms with Crippen molar-refractivity contribution in [2.24, 2.45) is 21.0 Å². The molecule has 0 bridgehead atoms. The fourth-order valence-electron chi connectivity index (χ4n) is 2.32. The quantitative estimate of drug-likeness (QED) is 0.566. The van der Waals surface area contributed by atoms with Crippen molar-refractivity contribution < 1.29 is 14.2 Å². The van der Waals surface area contributed by atoms with Gasteiger partial charge in [0.1, 0.15) is 18.0 Å². The van der Waals surface area contributed by atoms with Crippen LogP contribution in [0.5, 0.6) is 17.2 Å². The number of ether oxygens (including phenoxy) is 3. The van der Waals surface area contributed by atoms with Gasteiger partial charge in [-0.05, 0) is 12.1 Å². The van der Waals surface area contributed by atoms with E-state index in [-0.39, 0.29) is 5.96 Å². The highest BCUT2D eigenvalue weighted by atomic mass is 16.5. The summed E-state index contributed by atoms with van der Waals surface area (Å²) in [5.41, 5.74) is 9.24. The van der Waals surface area contributed by atoms with E-state index in [2.05, 4.69) is 30.8 Å². The molecule has 0 aliphatic carbocycles. The molecule has 1 aliphatic rings. The second kappa shape index (κ2) is 7.51. The Morgan fingerprint density at radius 1 is 1.15 bits per heavy atom. The molecule has 1 aromatic carbocycles. The van der Waals surface area contributed by atoms with Crippen LogP contribution in [0.25, 0.3) is 0 Å². The predicted molar refractivity (Wildman–Crippen MR) is 95.0 cm³/mol. The summed E-state index contributed by atoms with van der Waals surface area (Å²) >= 11 is 0. The molecule has 2 aromatic rings. The number of nitrogens with zero attached hydrogens (tertiary/aromatic N) is 6. The molecule has 0 saturated heterocycles. The third-order valence-electron chi connectivity index (χ3n) is 3.50. The number of rotatable bonds is 5. The zero-order chi connectivity index (χ0) is 18.5. The van der Waals surface area contributed by atoms with E-state index in [1.807, 2.05) is 0 Å². The molecule has 0 spiro atoms. The van der Waals surface area contributed by atoms with Gasteiger partial charge in [-0.1, -0.05) is 0 Å². The van der Waals surface area contributed by atoms with Gasteiger partial charge in [-0.15, -0.1) is 10.2 Å². The molecule has 1 aromatic heterocycles. The molecular formula is C15H18N8O3. The number of hydrazone groups is 1. The standard InChI is InChI=1S/C15H18N8O3/c1-24-10-4-9(5-11(25-2)14(10)26-3)7-18-21-15-22-20-12(16)6-13-17-8-19-23(13)15/h4-5,7-8H,6H2,1-3H3,(H2,16,20)(H,21,22). The van der Waals surface area contributed by atoms with Crippen LogP contribution < -0.4 is 25.4 Å². The molecule has 136 valence electrons. The lowest BCUT2D eigenvalue weighted by Crippen LogP contribution is -2.28. The Morgan fingerprint density at radius 2 is 1.88 bits per heavy atom. The second-order valence-corrected chi connectivity index (χ2v) is 5.11. The monoisotopic (exact) mass is 358 g/mol. The Bertz CT molecular complexity index is 862. The molecule has 26 heavy (non-hydrogen) atoms. The van der Waals surface area contributed by atoms with E-state index in [9.17, 15) is 0 Å². The number of nitrogens with one attached hydrogen (secondary N) is 1. The average Bonchev–Trinajstić information content (AvgIpc) is 3.05. The van der Waals surface area contributed by atoms with Crippen molar-refractivity contribution in [3.8, 4) is 17.2 Å². The highest BCUT2D eigenvalue weighted by molar-refractivity contribution is 5.89. The molecule has 1 aliphatic heterocycles. The normalized spacial score (nSPS) is 13.5. The molecule has 11 heteroatoms. The summed E-state index contributed by atoms with van der Waals surface area (Å²) in [5, 5.41) is 16.1. The molecule has 0 atom stereocenters. The van der Waals surface area contributed by atoms with Crippen LogP contribution in [0.3, 0.4) is 0 Å². The van der Waals surface area contributed by atoms with Gasteiger partial charge in [0.25, 0.3) is 5.96 Å². The first-order chi connectivity index (χ1) is 12.7. The van der Waals surface area contributed by atoms with Gasteiger partial charge >= 0.3 is 0 Å². The predicted octanol–water partition coefficient (Wildman–Crippen LogP) is -0.0400. The smallest absolute Gasteiger partial charge is 0.266 e. The minimum atomic E-state index is 0.279. The van der Waals surface area contributed by atoms with Crippen molar-refractivity contribution in [3.63, 3.8) is 0 Å². The molecule has 0 unspecified atom stereocenters. The highest BCUT2D eigenvalue weighted by Gasteiger charge is 2.15. The molecule has 3 N–H and O–H groups in total. The van der Waals surface area contributed by atoms with Crippen LogP contribution in [-0.2, 0) is 6.42 Å². The maximum Gasteiger partial charge on any atom is 0.266 e. The number of benzene rings is 1. The lowest BCUT2D eigenvalue weighted by atomic mass is 10.2. The SMILES string of the molecule is COc1cc(C=NNC2=NN=C(N)Cc3ncnn32)cc(OC)c1OC. The van der Waals surface area contributed by atoms with E-state index in [0.717, 1.165) is 5.56 Å². The van der Waals surface area contributed by atoms with E-state index >= 15 is 0 Å². The van der Waals surface area contributed by atoms with Crippen LogP contribution >= 0.6 is 0 Å². The van der Waals surface area contributed by atoms with Gasteiger partial charge < -0.3 is 19.9 Å². The minimum absolute atomic E-state index is 0.279. The van der Waals surface area contributed by atoms with E-state index in [4.69, 9.17) is 19.9 Å². The number of hydrogen-bond acceptors (Lipinski definition) is 10. The molecule has 0 fully saturated rings. The van der Waals surface area contributed by atoms with Crippen molar-refractivity contribution in [3.05, 3.63) is 29.8 Å². The third-order valence-corrected chi connectivity index (χ3v) is 3.50.